The van der Waals surface area contributed by atoms with Crippen molar-refractivity contribution < 1.29 is 41.1 Å². The molecule has 0 spiro atoms. The molecule has 0 aliphatic rings. The third-order valence-corrected chi connectivity index (χ3v) is 2.93. The van der Waals surface area contributed by atoms with Gasteiger partial charge in [-0.1, -0.05) is 23.4 Å². The van der Waals surface area contributed by atoms with Gasteiger partial charge in [-0.3, -0.25) is 4.79 Å². The zero-order valence-electron chi connectivity index (χ0n) is 11.9. The van der Waals surface area contributed by atoms with Gasteiger partial charge in [-0.15, -0.1) is 0 Å². The highest BCUT2D eigenvalue weighted by Crippen LogP contribution is 2.11. The third-order valence-electron chi connectivity index (χ3n) is 2.93. The molecule has 0 amide bonds. The Morgan fingerprint density at radius 1 is 1.32 bits per heavy atom. The number of oxime groups is 1. The topological polar surface area (TPSA) is 79.8 Å². The van der Waals surface area contributed by atoms with Crippen molar-refractivity contribution in [1.29, 1.82) is 0 Å². The fourth-order valence-electron chi connectivity index (χ4n) is 1.98. The van der Waals surface area contributed by atoms with Crippen molar-refractivity contribution in [2.24, 2.45) is 5.16 Å². The molecule has 1 aromatic heterocycles. The van der Waals surface area contributed by atoms with E-state index in [1.165, 1.54) is 6.21 Å². The average Bonchev–Trinajstić information content (AvgIpc) is 2.48. The summed E-state index contributed by atoms with van der Waals surface area (Å²) in [4.78, 5) is 23.2. The van der Waals surface area contributed by atoms with E-state index in [1.54, 1.807) is 23.8 Å². The van der Waals surface area contributed by atoms with E-state index in [0.29, 0.717) is 5.69 Å². The molecule has 1 heterocycles. The second kappa shape index (κ2) is 8.23. The summed E-state index contributed by atoms with van der Waals surface area (Å²) >= 11 is 0. The number of ether oxygens (including phenoxy) is 1. The SMILES string of the molecule is CCOC(=O)C(=O)C[n+]1cc2ccccc2cc1/C=N/O.[Br-]. The van der Waals surface area contributed by atoms with E-state index in [2.05, 4.69) is 9.89 Å². The number of Topliss-reactive ketones (excluding diaryl/α,β-unsaturated/α-hetero) is 1. The molecule has 6 nitrogen and oxygen atoms in total. The number of aromatic nitrogens is 1. The van der Waals surface area contributed by atoms with Gasteiger partial charge in [0.2, 0.25) is 12.2 Å². The lowest BCUT2D eigenvalue weighted by Crippen LogP contribution is -3.00. The lowest BCUT2D eigenvalue weighted by Gasteiger charge is -2.03. The maximum absolute atomic E-state index is 11.8. The molecule has 0 bridgehead atoms. The predicted molar refractivity (Wildman–Crippen MR) is 75.2 cm³/mol. The van der Waals surface area contributed by atoms with Crippen LogP contribution in [0, 0.1) is 0 Å². The van der Waals surface area contributed by atoms with Crippen LogP contribution in [0.5, 0.6) is 0 Å². The third kappa shape index (κ3) is 4.11. The van der Waals surface area contributed by atoms with E-state index in [1.807, 2.05) is 24.3 Å². The number of halogens is 1. The smallest absolute Gasteiger partial charge is 0.381 e. The Morgan fingerprint density at radius 3 is 2.64 bits per heavy atom. The zero-order chi connectivity index (χ0) is 15.2. The van der Waals surface area contributed by atoms with E-state index in [4.69, 9.17) is 5.21 Å². The maximum atomic E-state index is 11.8. The number of hydrogen-bond acceptors (Lipinski definition) is 5. The molecule has 0 radical (unpaired) electrons. The van der Waals surface area contributed by atoms with Crippen LogP contribution >= 0.6 is 0 Å². The summed E-state index contributed by atoms with van der Waals surface area (Å²) in [6, 6.07) is 9.32. The Kier molecular flexibility index (Phi) is 6.65. The second-order valence-electron chi connectivity index (χ2n) is 4.34. The second-order valence-corrected chi connectivity index (χ2v) is 4.34. The minimum absolute atomic E-state index is 0. The lowest BCUT2D eigenvalue weighted by atomic mass is 10.1. The number of rotatable bonds is 5. The van der Waals surface area contributed by atoms with Crippen LogP contribution in [0.15, 0.2) is 41.7 Å². The van der Waals surface area contributed by atoms with Crippen LogP contribution in [0.25, 0.3) is 10.8 Å². The van der Waals surface area contributed by atoms with Crippen molar-refractivity contribution in [3.63, 3.8) is 0 Å². The van der Waals surface area contributed by atoms with Gasteiger partial charge in [0, 0.05) is 11.5 Å². The molecule has 0 saturated heterocycles. The standard InChI is InChI=1S/C15H14N2O4.BrH/c1-2-21-15(19)14(18)10-17-9-12-6-4-3-5-11(12)7-13(17)8-16-20;/h3-9H,2,10H2,1H3;1H. The summed E-state index contributed by atoms with van der Waals surface area (Å²) < 4.78 is 6.22. The molecule has 22 heavy (non-hydrogen) atoms. The highest BCUT2D eigenvalue weighted by atomic mass is 79.9. The van der Waals surface area contributed by atoms with Gasteiger partial charge in [0.1, 0.15) is 6.21 Å². The van der Waals surface area contributed by atoms with Crippen molar-refractivity contribution in [2.75, 3.05) is 6.61 Å². The molecule has 2 aromatic rings. The first-order valence-corrected chi connectivity index (χ1v) is 6.45. The summed E-state index contributed by atoms with van der Waals surface area (Å²) in [5.74, 6) is -1.53. The van der Waals surface area contributed by atoms with Crippen LogP contribution in [0.4, 0.5) is 0 Å². The van der Waals surface area contributed by atoms with Gasteiger partial charge < -0.3 is 26.9 Å². The molecule has 1 aromatic carbocycles. The summed E-state index contributed by atoms with van der Waals surface area (Å²) in [6.45, 7) is 1.61. The molecule has 7 heteroatoms. The molecular formula is C15H15BrN2O4. The molecule has 0 saturated carbocycles. The number of pyridine rings is 1. The van der Waals surface area contributed by atoms with Gasteiger partial charge in [0.15, 0.2) is 6.20 Å². The van der Waals surface area contributed by atoms with Crippen LogP contribution in [-0.2, 0) is 20.9 Å². The molecule has 0 fully saturated rings. The summed E-state index contributed by atoms with van der Waals surface area (Å²) in [7, 11) is 0. The lowest BCUT2D eigenvalue weighted by molar-refractivity contribution is -0.683. The van der Waals surface area contributed by atoms with Gasteiger partial charge >= 0.3 is 11.8 Å². The molecule has 2 rings (SSSR count). The minimum atomic E-state index is -0.870. The maximum Gasteiger partial charge on any atom is 0.381 e. The van der Waals surface area contributed by atoms with Gasteiger partial charge in [0.05, 0.1) is 6.61 Å². The van der Waals surface area contributed by atoms with E-state index in [-0.39, 0.29) is 30.1 Å². The van der Waals surface area contributed by atoms with Crippen molar-refractivity contribution in [2.45, 2.75) is 13.5 Å². The van der Waals surface area contributed by atoms with Gasteiger partial charge in [-0.2, -0.15) is 4.57 Å². The molecular weight excluding hydrogens is 352 g/mol. The van der Waals surface area contributed by atoms with Crippen molar-refractivity contribution in [3.8, 4) is 0 Å². The normalized spacial score (nSPS) is 10.4. The predicted octanol–water partition coefficient (Wildman–Crippen LogP) is -1.93. The van der Waals surface area contributed by atoms with E-state index >= 15 is 0 Å². The molecule has 116 valence electrons. The first-order valence-electron chi connectivity index (χ1n) is 6.45. The number of hydrogen-bond donors (Lipinski definition) is 1. The zero-order valence-corrected chi connectivity index (χ0v) is 13.5. The number of esters is 1. The number of benzene rings is 1. The molecule has 1 N–H and O–H groups in total. The Hall–Kier alpha value is -2.28. The van der Waals surface area contributed by atoms with Crippen LogP contribution in [0.3, 0.4) is 0 Å². The van der Waals surface area contributed by atoms with Crippen molar-refractivity contribution in [3.05, 3.63) is 42.2 Å². The van der Waals surface area contributed by atoms with Gasteiger partial charge in [-0.25, -0.2) is 4.79 Å². The van der Waals surface area contributed by atoms with Crippen LogP contribution in [-0.4, -0.2) is 29.8 Å². The first kappa shape index (κ1) is 17.8. The molecule has 0 aliphatic heterocycles. The van der Waals surface area contributed by atoms with E-state index in [0.717, 1.165) is 10.8 Å². The Bertz CT molecular complexity index is 716. The minimum Gasteiger partial charge on any atom is -1.00 e. The summed E-state index contributed by atoms with van der Waals surface area (Å²) in [6.07, 6.45) is 2.94. The van der Waals surface area contributed by atoms with Crippen molar-refractivity contribution in [1.82, 2.24) is 0 Å². The molecule has 0 atom stereocenters. The number of ketones is 1. The van der Waals surface area contributed by atoms with E-state index in [9.17, 15) is 9.59 Å². The quantitative estimate of drug-likeness (QED) is 0.167. The highest BCUT2D eigenvalue weighted by Gasteiger charge is 2.22. The number of fused-ring (bicyclic) bond motifs is 1. The Labute approximate surface area is 137 Å². The molecule has 0 unspecified atom stereocenters. The summed E-state index contributed by atoms with van der Waals surface area (Å²) in [5.41, 5.74) is 0.508. The average molecular weight is 367 g/mol. The highest BCUT2D eigenvalue weighted by molar-refractivity contribution is 6.33. The van der Waals surface area contributed by atoms with Gasteiger partial charge in [-0.05, 0) is 18.4 Å². The van der Waals surface area contributed by atoms with Crippen LogP contribution in [0.2, 0.25) is 0 Å². The number of nitrogens with zero attached hydrogens (tertiary/aromatic N) is 2. The largest absolute Gasteiger partial charge is 1.00 e. The summed E-state index contributed by atoms with van der Waals surface area (Å²) in [5, 5.41) is 13.6. The number of carbonyl (C=O) groups excluding carboxylic acids is 2. The monoisotopic (exact) mass is 366 g/mol. The van der Waals surface area contributed by atoms with Crippen LogP contribution < -0.4 is 21.5 Å². The number of carbonyl (C=O) groups is 2. The Balaban J connectivity index is 0.00000242. The van der Waals surface area contributed by atoms with Gasteiger partial charge in [0.25, 0.3) is 0 Å². The van der Waals surface area contributed by atoms with Crippen LogP contribution in [0.1, 0.15) is 12.6 Å². The fraction of sp³-hybridized carbons (Fsp3) is 0.200. The Morgan fingerprint density at radius 2 is 2.00 bits per heavy atom. The van der Waals surface area contributed by atoms with Crippen molar-refractivity contribution >= 4 is 28.7 Å². The fourth-order valence-corrected chi connectivity index (χ4v) is 1.98. The molecule has 0 aliphatic carbocycles. The van der Waals surface area contributed by atoms with E-state index < -0.39 is 11.8 Å². The first-order chi connectivity index (χ1) is 10.2.